The Kier molecular flexibility index (Phi) is 5.85. The fourth-order valence-corrected chi connectivity index (χ4v) is 3.85. The number of likely N-dealkylation sites (N-methyl/N-ethyl adjacent to an activating group) is 1. The molecular weight excluding hydrogens is 344 g/mol. The van der Waals surface area contributed by atoms with Crippen LogP contribution in [0.4, 0.5) is 0 Å². The number of nitrogens with one attached hydrogen (secondary N) is 1. The molecule has 0 radical (unpaired) electrons. The largest absolute Gasteiger partial charge is 0.484 e. The van der Waals surface area contributed by atoms with Crippen LogP contribution >= 0.6 is 0 Å². The molecular formula is C21H28N2O4. The Balaban J connectivity index is 1.59. The van der Waals surface area contributed by atoms with E-state index in [-0.39, 0.29) is 18.1 Å². The molecule has 1 N–H and O–H groups in total. The summed E-state index contributed by atoms with van der Waals surface area (Å²) in [5.74, 6) is 0.360. The Morgan fingerprint density at radius 3 is 2.67 bits per heavy atom. The molecule has 1 aliphatic rings. The molecule has 0 bridgehead atoms. The number of ether oxygens (including phenoxy) is 1. The Bertz CT molecular complexity index is 866. The minimum atomic E-state index is -0.392. The second-order valence-corrected chi connectivity index (χ2v) is 7.65. The molecule has 0 unspecified atom stereocenters. The number of aryl methyl sites for hydroxylation is 1. The van der Waals surface area contributed by atoms with Crippen molar-refractivity contribution in [3.05, 3.63) is 40.2 Å². The summed E-state index contributed by atoms with van der Waals surface area (Å²) < 4.78 is 10.8. The van der Waals surface area contributed by atoms with Gasteiger partial charge in [0.05, 0.1) is 0 Å². The molecule has 0 spiro atoms. The number of benzene rings is 1. The van der Waals surface area contributed by atoms with Crippen molar-refractivity contribution in [2.24, 2.45) is 0 Å². The van der Waals surface area contributed by atoms with Gasteiger partial charge < -0.3 is 19.4 Å². The molecule has 27 heavy (non-hydrogen) atoms. The van der Waals surface area contributed by atoms with E-state index in [1.165, 1.54) is 25.3 Å². The van der Waals surface area contributed by atoms with Gasteiger partial charge in [0.1, 0.15) is 11.3 Å². The highest BCUT2D eigenvalue weighted by molar-refractivity contribution is 5.81. The van der Waals surface area contributed by atoms with E-state index in [2.05, 4.69) is 24.3 Å². The molecule has 6 nitrogen and oxygen atoms in total. The summed E-state index contributed by atoms with van der Waals surface area (Å²) in [6.07, 6.45) is 5.87. The number of carbonyl (C=O) groups excluding carboxylic acids is 1. The van der Waals surface area contributed by atoms with Crippen LogP contribution in [0.25, 0.3) is 11.0 Å². The van der Waals surface area contributed by atoms with Gasteiger partial charge in [-0.3, -0.25) is 4.79 Å². The minimum Gasteiger partial charge on any atom is -0.484 e. The number of hydrogen-bond donors (Lipinski definition) is 1. The Morgan fingerprint density at radius 2 is 1.96 bits per heavy atom. The lowest BCUT2D eigenvalue weighted by Crippen LogP contribution is -2.54. The molecule has 1 aromatic heterocycles. The maximum atomic E-state index is 12.3. The van der Waals surface area contributed by atoms with Gasteiger partial charge in [0, 0.05) is 29.6 Å². The van der Waals surface area contributed by atoms with Gasteiger partial charge in [0.15, 0.2) is 6.61 Å². The van der Waals surface area contributed by atoms with Crippen LogP contribution < -0.4 is 15.7 Å². The van der Waals surface area contributed by atoms with Gasteiger partial charge in [-0.1, -0.05) is 19.3 Å². The van der Waals surface area contributed by atoms with Crippen molar-refractivity contribution >= 4 is 16.9 Å². The summed E-state index contributed by atoms with van der Waals surface area (Å²) in [4.78, 5) is 26.0. The van der Waals surface area contributed by atoms with E-state index < -0.39 is 5.63 Å². The lowest BCUT2D eigenvalue weighted by atomic mass is 9.80. The van der Waals surface area contributed by atoms with E-state index in [4.69, 9.17) is 9.15 Å². The highest BCUT2D eigenvalue weighted by atomic mass is 16.5. The summed E-state index contributed by atoms with van der Waals surface area (Å²) in [7, 11) is 4.16. The van der Waals surface area contributed by atoms with Crippen molar-refractivity contribution in [2.45, 2.75) is 44.6 Å². The predicted molar refractivity (Wildman–Crippen MR) is 105 cm³/mol. The van der Waals surface area contributed by atoms with Crippen LogP contribution in [-0.2, 0) is 4.79 Å². The lowest BCUT2D eigenvalue weighted by molar-refractivity contribution is -0.123. The fourth-order valence-electron chi connectivity index (χ4n) is 3.85. The standard InChI is InChI=1S/C21H28N2O4/c1-15-11-20(25)27-18-12-16(7-8-17(15)18)26-13-19(24)22-14-21(23(2)3)9-5-4-6-10-21/h7-8,11-12H,4-6,9-10,13-14H2,1-3H3,(H,22,24). The van der Waals surface area contributed by atoms with Gasteiger partial charge in [-0.2, -0.15) is 0 Å². The van der Waals surface area contributed by atoms with E-state index in [9.17, 15) is 9.59 Å². The van der Waals surface area contributed by atoms with Gasteiger partial charge in [-0.05, 0) is 51.6 Å². The Labute approximate surface area is 159 Å². The molecule has 0 aliphatic heterocycles. The van der Waals surface area contributed by atoms with Crippen LogP contribution in [0.15, 0.2) is 33.5 Å². The third kappa shape index (κ3) is 4.50. The van der Waals surface area contributed by atoms with Crippen molar-refractivity contribution in [2.75, 3.05) is 27.2 Å². The summed E-state index contributed by atoms with van der Waals surface area (Å²) in [5.41, 5.74) is 0.965. The maximum Gasteiger partial charge on any atom is 0.336 e. The number of rotatable bonds is 6. The molecule has 1 amide bonds. The molecule has 0 saturated heterocycles. The average Bonchev–Trinajstić information content (AvgIpc) is 2.65. The van der Waals surface area contributed by atoms with Gasteiger partial charge in [-0.25, -0.2) is 4.79 Å². The molecule has 1 aromatic carbocycles. The normalized spacial score (nSPS) is 16.4. The highest BCUT2D eigenvalue weighted by Crippen LogP contribution is 2.31. The molecule has 146 valence electrons. The maximum absolute atomic E-state index is 12.3. The van der Waals surface area contributed by atoms with E-state index in [0.717, 1.165) is 23.8 Å². The number of nitrogens with zero attached hydrogens (tertiary/aromatic N) is 1. The second-order valence-electron chi connectivity index (χ2n) is 7.65. The topological polar surface area (TPSA) is 71.8 Å². The van der Waals surface area contributed by atoms with E-state index in [0.29, 0.717) is 17.9 Å². The van der Waals surface area contributed by atoms with E-state index >= 15 is 0 Å². The first kappa shape index (κ1) is 19.4. The summed E-state index contributed by atoms with van der Waals surface area (Å²) in [6, 6.07) is 6.73. The first-order chi connectivity index (χ1) is 12.9. The average molecular weight is 372 g/mol. The van der Waals surface area contributed by atoms with Crippen LogP contribution in [0, 0.1) is 6.92 Å². The van der Waals surface area contributed by atoms with Gasteiger partial charge in [0.25, 0.3) is 5.91 Å². The van der Waals surface area contributed by atoms with Crippen LogP contribution in [0.3, 0.4) is 0 Å². The van der Waals surface area contributed by atoms with Crippen LogP contribution in [0.1, 0.15) is 37.7 Å². The number of amides is 1. The first-order valence-corrected chi connectivity index (χ1v) is 9.51. The third-order valence-electron chi connectivity index (χ3n) is 5.64. The molecule has 1 aliphatic carbocycles. The zero-order valence-electron chi connectivity index (χ0n) is 16.3. The third-order valence-corrected chi connectivity index (χ3v) is 5.64. The van der Waals surface area contributed by atoms with Crippen molar-refractivity contribution in [3.63, 3.8) is 0 Å². The molecule has 0 atom stereocenters. The molecule has 1 fully saturated rings. The van der Waals surface area contributed by atoms with E-state index in [1.807, 2.05) is 13.0 Å². The molecule has 6 heteroatoms. The van der Waals surface area contributed by atoms with Crippen molar-refractivity contribution in [1.82, 2.24) is 10.2 Å². The summed E-state index contributed by atoms with van der Waals surface area (Å²) in [6.45, 7) is 2.43. The van der Waals surface area contributed by atoms with Crippen LogP contribution in [-0.4, -0.2) is 43.6 Å². The summed E-state index contributed by atoms with van der Waals surface area (Å²) in [5, 5.41) is 3.88. The molecule has 2 aromatic rings. The van der Waals surface area contributed by atoms with Crippen molar-refractivity contribution in [1.29, 1.82) is 0 Å². The second kappa shape index (κ2) is 8.13. The number of hydrogen-bond acceptors (Lipinski definition) is 5. The Hall–Kier alpha value is -2.34. The molecule has 3 rings (SSSR count). The SMILES string of the molecule is Cc1cc(=O)oc2cc(OCC(=O)NCC3(N(C)C)CCCCC3)ccc12. The van der Waals surface area contributed by atoms with Crippen LogP contribution in [0.2, 0.25) is 0 Å². The molecule has 1 heterocycles. The zero-order valence-corrected chi connectivity index (χ0v) is 16.3. The van der Waals surface area contributed by atoms with Crippen LogP contribution in [0.5, 0.6) is 5.75 Å². The van der Waals surface area contributed by atoms with Crippen molar-refractivity contribution < 1.29 is 13.9 Å². The van der Waals surface area contributed by atoms with Crippen molar-refractivity contribution in [3.8, 4) is 5.75 Å². The van der Waals surface area contributed by atoms with Gasteiger partial charge in [0.2, 0.25) is 0 Å². The first-order valence-electron chi connectivity index (χ1n) is 9.51. The predicted octanol–water partition coefficient (Wildman–Crippen LogP) is 2.86. The lowest BCUT2D eigenvalue weighted by Gasteiger charge is -2.43. The number of carbonyl (C=O) groups is 1. The fraction of sp³-hybridized carbons (Fsp3) is 0.524. The zero-order chi connectivity index (χ0) is 19.4. The molecule has 1 saturated carbocycles. The summed E-state index contributed by atoms with van der Waals surface area (Å²) >= 11 is 0. The smallest absolute Gasteiger partial charge is 0.336 e. The quantitative estimate of drug-likeness (QED) is 0.790. The van der Waals surface area contributed by atoms with E-state index in [1.54, 1.807) is 12.1 Å². The highest BCUT2D eigenvalue weighted by Gasteiger charge is 2.34. The Morgan fingerprint density at radius 1 is 1.22 bits per heavy atom. The minimum absolute atomic E-state index is 0.0395. The number of fused-ring (bicyclic) bond motifs is 1. The van der Waals surface area contributed by atoms with Gasteiger partial charge in [-0.15, -0.1) is 0 Å². The monoisotopic (exact) mass is 372 g/mol. The van der Waals surface area contributed by atoms with Gasteiger partial charge >= 0.3 is 5.63 Å².